The standard InChI is InChI=1S/C16H14Cl2O6/c17-10-3-1-2-4-12(10)23-7-8-24-13-5-6-16(14(19)20,15(21)22)9-11(13)18/h1-5,9H,6-8H2,(H,19,20)(H,21,22). The largest absolute Gasteiger partial charge is 0.489 e. The molecule has 128 valence electrons. The van der Waals surface area contributed by atoms with E-state index in [9.17, 15) is 9.59 Å². The molecule has 1 aromatic rings. The fraction of sp³-hybridized carbons (Fsp3) is 0.250. The summed E-state index contributed by atoms with van der Waals surface area (Å²) in [7, 11) is 0. The quantitative estimate of drug-likeness (QED) is 0.563. The molecule has 0 aliphatic heterocycles. The number of hydrogen-bond donors (Lipinski definition) is 2. The highest BCUT2D eigenvalue weighted by atomic mass is 35.5. The van der Waals surface area contributed by atoms with Gasteiger partial charge < -0.3 is 19.7 Å². The number of carboxylic acid groups (broad SMARTS) is 2. The maximum absolute atomic E-state index is 11.2. The third-order valence-corrected chi connectivity index (χ3v) is 4.02. The SMILES string of the molecule is O=C(O)C1(C(=O)O)C=C(Cl)C(OCCOc2ccccc2Cl)=CC1. The van der Waals surface area contributed by atoms with Crippen LogP contribution in [-0.2, 0) is 14.3 Å². The molecule has 0 saturated carbocycles. The van der Waals surface area contributed by atoms with E-state index in [0.717, 1.165) is 6.08 Å². The molecule has 2 rings (SSSR count). The van der Waals surface area contributed by atoms with Crippen molar-refractivity contribution in [2.75, 3.05) is 13.2 Å². The molecule has 0 aromatic heterocycles. The van der Waals surface area contributed by atoms with Crippen molar-refractivity contribution in [1.29, 1.82) is 0 Å². The molecule has 24 heavy (non-hydrogen) atoms. The van der Waals surface area contributed by atoms with Crippen molar-refractivity contribution in [2.45, 2.75) is 6.42 Å². The van der Waals surface area contributed by atoms with E-state index in [0.29, 0.717) is 10.8 Å². The van der Waals surface area contributed by atoms with E-state index < -0.39 is 17.4 Å². The summed E-state index contributed by atoms with van der Waals surface area (Å²) in [5.74, 6) is -2.23. The molecule has 6 nitrogen and oxygen atoms in total. The predicted molar refractivity (Wildman–Crippen MR) is 87.2 cm³/mol. The molecule has 0 spiro atoms. The Morgan fingerprint density at radius 1 is 1.08 bits per heavy atom. The molecule has 1 aliphatic carbocycles. The number of ether oxygens (including phenoxy) is 2. The number of halogens is 2. The maximum atomic E-state index is 11.2. The number of hydrogen-bond acceptors (Lipinski definition) is 4. The third kappa shape index (κ3) is 3.83. The van der Waals surface area contributed by atoms with Crippen LogP contribution in [0, 0.1) is 5.41 Å². The van der Waals surface area contributed by atoms with Crippen LogP contribution in [0.3, 0.4) is 0 Å². The van der Waals surface area contributed by atoms with E-state index in [4.69, 9.17) is 42.9 Å². The lowest BCUT2D eigenvalue weighted by atomic mass is 9.81. The number of para-hydroxylation sites is 1. The molecule has 0 bridgehead atoms. The summed E-state index contributed by atoms with van der Waals surface area (Å²) < 4.78 is 10.9. The Morgan fingerprint density at radius 2 is 1.71 bits per heavy atom. The summed E-state index contributed by atoms with van der Waals surface area (Å²) in [6.45, 7) is 0.322. The van der Waals surface area contributed by atoms with Gasteiger partial charge in [0.2, 0.25) is 0 Å². The van der Waals surface area contributed by atoms with E-state index in [1.807, 2.05) is 0 Å². The van der Waals surface area contributed by atoms with Crippen molar-refractivity contribution in [3.63, 3.8) is 0 Å². The summed E-state index contributed by atoms with van der Waals surface area (Å²) in [6, 6.07) is 6.96. The van der Waals surface area contributed by atoms with Gasteiger partial charge >= 0.3 is 11.9 Å². The minimum atomic E-state index is -2.07. The van der Waals surface area contributed by atoms with Crippen LogP contribution in [0.5, 0.6) is 5.75 Å². The number of allylic oxidation sites excluding steroid dienone is 2. The van der Waals surface area contributed by atoms with Gasteiger partial charge in [-0.15, -0.1) is 0 Å². The topological polar surface area (TPSA) is 93.1 Å². The van der Waals surface area contributed by atoms with E-state index >= 15 is 0 Å². The van der Waals surface area contributed by atoms with Crippen LogP contribution < -0.4 is 4.74 Å². The zero-order valence-corrected chi connectivity index (χ0v) is 13.9. The van der Waals surface area contributed by atoms with Gasteiger partial charge in [0.15, 0.2) is 5.41 Å². The Morgan fingerprint density at radius 3 is 2.29 bits per heavy atom. The Labute approximate surface area is 147 Å². The zero-order chi connectivity index (χ0) is 17.7. The van der Waals surface area contributed by atoms with Crippen molar-refractivity contribution in [3.8, 4) is 5.75 Å². The summed E-state index contributed by atoms with van der Waals surface area (Å²) in [5.41, 5.74) is -2.07. The molecule has 8 heteroatoms. The van der Waals surface area contributed by atoms with Gasteiger partial charge in [-0.05, 0) is 30.7 Å². The molecule has 0 heterocycles. The lowest BCUT2D eigenvalue weighted by Gasteiger charge is -2.24. The highest BCUT2D eigenvalue weighted by Crippen LogP contribution is 2.36. The predicted octanol–water partition coefficient (Wildman–Crippen LogP) is 3.30. The molecule has 0 amide bonds. The van der Waals surface area contributed by atoms with Crippen molar-refractivity contribution < 1.29 is 29.3 Å². The molecule has 0 saturated heterocycles. The van der Waals surface area contributed by atoms with Gasteiger partial charge in [0.25, 0.3) is 0 Å². The molecule has 0 unspecified atom stereocenters. The first-order chi connectivity index (χ1) is 11.4. The second-order valence-electron chi connectivity index (χ2n) is 4.97. The molecule has 0 radical (unpaired) electrons. The van der Waals surface area contributed by atoms with E-state index in [2.05, 4.69) is 0 Å². The first kappa shape index (κ1) is 18.2. The first-order valence-electron chi connectivity index (χ1n) is 6.92. The number of carbonyl (C=O) groups is 2. The van der Waals surface area contributed by atoms with Gasteiger partial charge in [0.1, 0.15) is 24.7 Å². The molecule has 0 atom stereocenters. The fourth-order valence-corrected chi connectivity index (χ4v) is 2.59. The molecule has 0 fully saturated rings. The van der Waals surface area contributed by atoms with Crippen LogP contribution in [0.2, 0.25) is 5.02 Å². The van der Waals surface area contributed by atoms with Crippen LogP contribution in [0.25, 0.3) is 0 Å². The van der Waals surface area contributed by atoms with E-state index in [1.165, 1.54) is 6.08 Å². The summed E-state index contributed by atoms with van der Waals surface area (Å²) in [4.78, 5) is 22.5. The minimum absolute atomic E-state index is 0.0659. The normalized spacial score (nSPS) is 15.9. The number of carboxylic acids is 2. The molecular weight excluding hydrogens is 359 g/mol. The van der Waals surface area contributed by atoms with E-state index in [-0.39, 0.29) is 30.4 Å². The Hall–Kier alpha value is -2.18. The minimum Gasteiger partial charge on any atom is -0.489 e. The van der Waals surface area contributed by atoms with Crippen LogP contribution in [0.4, 0.5) is 0 Å². The van der Waals surface area contributed by atoms with Crippen LogP contribution in [-0.4, -0.2) is 35.4 Å². The molecule has 2 N–H and O–H groups in total. The van der Waals surface area contributed by atoms with Crippen LogP contribution >= 0.6 is 23.2 Å². The van der Waals surface area contributed by atoms with Gasteiger partial charge in [-0.1, -0.05) is 35.3 Å². The number of aliphatic carboxylic acids is 2. The Kier molecular flexibility index (Phi) is 5.75. The third-order valence-electron chi connectivity index (χ3n) is 3.42. The number of benzene rings is 1. The first-order valence-corrected chi connectivity index (χ1v) is 7.68. The average molecular weight is 373 g/mol. The van der Waals surface area contributed by atoms with Crippen LogP contribution in [0.1, 0.15) is 6.42 Å². The van der Waals surface area contributed by atoms with Gasteiger partial charge in [-0.25, -0.2) is 0 Å². The van der Waals surface area contributed by atoms with Crippen molar-refractivity contribution in [1.82, 2.24) is 0 Å². The number of rotatable bonds is 7. The molecule has 1 aromatic carbocycles. The Bertz CT molecular complexity index is 696. The highest BCUT2D eigenvalue weighted by molar-refractivity contribution is 6.32. The van der Waals surface area contributed by atoms with Crippen molar-refractivity contribution >= 4 is 35.1 Å². The summed E-state index contributed by atoms with van der Waals surface area (Å²) in [5, 5.41) is 18.7. The van der Waals surface area contributed by atoms with Crippen molar-refractivity contribution in [2.24, 2.45) is 5.41 Å². The summed E-state index contributed by atoms with van der Waals surface area (Å²) in [6.07, 6.45) is 2.07. The smallest absolute Gasteiger partial charge is 0.325 e. The molecule has 1 aliphatic rings. The average Bonchev–Trinajstić information content (AvgIpc) is 2.53. The zero-order valence-electron chi connectivity index (χ0n) is 12.4. The van der Waals surface area contributed by atoms with Gasteiger partial charge in [0.05, 0.1) is 10.1 Å². The van der Waals surface area contributed by atoms with Crippen LogP contribution in [0.15, 0.2) is 47.2 Å². The second-order valence-corrected chi connectivity index (χ2v) is 5.79. The Balaban J connectivity index is 1.92. The second kappa shape index (κ2) is 7.59. The highest BCUT2D eigenvalue weighted by Gasteiger charge is 2.46. The van der Waals surface area contributed by atoms with Gasteiger partial charge in [-0.2, -0.15) is 0 Å². The lowest BCUT2D eigenvalue weighted by Crippen LogP contribution is -2.38. The van der Waals surface area contributed by atoms with E-state index in [1.54, 1.807) is 24.3 Å². The monoisotopic (exact) mass is 372 g/mol. The fourth-order valence-electron chi connectivity index (χ4n) is 2.08. The van der Waals surface area contributed by atoms with Crippen molar-refractivity contribution in [3.05, 3.63) is 52.2 Å². The lowest BCUT2D eigenvalue weighted by molar-refractivity contribution is -0.160. The van der Waals surface area contributed by atoms with Gasteiger partial charge in [-0.3, -0.25) is 9.59 Å². The summed E-state index contributed by atoms with van der Waals surface area (Å²) >= 11 is 11.9. The van der Waals surface area contributed by atoms with Gasteiger partial charge in [0, 0.05) is 0 Å². The maximum Gasteiger partial charge on any atom is 0.325 e. The molecular formula is C16H14Cl2O6.